The molecule has 23 heavy (non-hydrogen) atoms. The van der Waals surface area contributed by atoms with Crippen LogP contribution in [0, 0.1) is 5.92 Å². The molecule has 0 aliphatic carbocycles. The Morgan fingerprint density at radius 3 is 1.83 bits per heavy atom. The second kappa shape index (κ2) is 6.76. The molecule has 0 atom stereocenters. The van der Waals surface area contributed by atoms with Crippen LogP contribution in [0.2, 0.25) is 10.1 Å². The minimum Gasteiger partial charge on any atom is -0.352 e. The van der Waals surface area contributed by atoms with Crippen molar-refractivity contribution in [2.75, 3.05) is 6.54 Å². The molecule has 0 unspecified atom stereocenters. The maximum atomic E-state index is 16.2. The van der Waals surface area contributed by atoms with Gasteiger partial charge in [0.15, 0.2) is 0 Å². The van der Waals surface area contributed by atoms with Gasteiger partial charge in [0.2, 0.25) is 0 Å². The third-order valence-corrected chi connectivity index (χ3v) is 9.55. The molecule has 0 saturated heterocycles. The van der Waals surface area contributed by atoms with Crippen LogP contribution in [0.25, 0.3) is 0 Å². The zero-order valence-corrected chi connectivity index (χ0v) is 16.9. The average Bonchev–Trinajstić information content (AvgIpc) is 2.41. The summed E-state index contributed by atoms with van der Waals surface area (Å²) >= 11 is 0. The van der Waals surface area contributed by atoms with Crippen LogP contribution >= 0.6 is 0 Å². The minimum atomic E-state index is -3.25. The summed E-state index contributed by atoms with van der Waals surface area (Å²) in [7, 11) is -3.25. The SMILES string of the molecule is CC(C)CNC(=O)c1ccc([Si](F)(C(C)(C)C)C(C)(C)C)cc1. The van der Waals surface area contributed by atoms with Crippen molar-refractivity contribution in [3.05, 3.63) is 29.8 Å². The Labute approximate surface area is 142 Å². The molecular weight excluding hydrogens is 305 g/mol. The van der Waals surface area contributed by atoms with Gasteiger partial charge in [0.05, 0.1) is 0 Å². The van der Waals surface area contributed by atoms with Gasteiger partial charge < -0.3 is 9.42 Å². The van der Waals surface area contributed by atoms with Gasteiger partial charge in [-0.05, 0) is 33.3 Å². The van der Waals surface area contributed by atoms with E-state index in [4.69, 9.17) is 0 Å². The molecule has 0 spiro atoms. The van der Waals surface area contributed by atoms with E-state index < -0.39 is 18.5 Å². The second-order valence-corrected chi connectivity index (χ2v) is 13.7. The number of carbonyl (C=O) groups excluding carboxylic acids is 1. The number of halogens is 1. The summed E-state index contributed by atoms with van der Waals surface area (Å²) in [6.45, 7) is 16.6. The van der Waals surface area contributed by atoms with Crippen LogP contribution in [-0.4, -0.2) is 20.9 Å². The molecule has 1 aromatic rings. The lowest BCUT2D eigenvalue weighted by molar-refractivity contribution is 0.0949. The lowest BCUT2D eigenvalue weighted by Gasteiger charge is -2.44. The van der Waals surface area contributed by atoms with Crippen LogP contribution in [0.1, 0.15) is 65.7 Å². The quantitative estimate of drug-likeness (QED) is 0.621. The van der Waals surface area contributed by atoms with Crippen LogP contribution in [-0.2, 0) is 0 Å². The number of carbonyl (C=O) groups is 1. The first-order valence-electron chi connectivity index (χ1n) is 8.38. The Kier molecular flexibility index (Phi) is 5.84. The molecule has 1 rings (SSSR count). The average molecular weight is 338 g/mol. The fourth-order valence-corrected chi connectivity index (χ4v) is 7.85. The molecule has 0 aliphatic heterocycles. The zero-order valence-electron chi connectivity index (χ0n) is 15.9. The maximum absolute atomic E-state index is 16.2. The Hall–Kier alpha value is -1.16. The third kappa shape index (κ3) is 4.22. The summed E-state index contributed by atoms with van der Waals surface area (Å²) in [6, 6.07) is 7.13. The summed E-state index contributed by atoms with van der Waals surface area (Å²) in [4.78, 5) is 12.1. The fourth-order valence-electron chi connectivity index (χ4n) is 3.24. The van der Waals surface area contributed by atoms with Gasteiger partial charge in [-0.1, -0.05) is 67.5 Å². The normalized spacial score (nSPS) is 13.3. The molecule has 0 bridgehead atoms. The van der Waals surface area contributed by atoms with Gasteiger partial charge in [0.25, 0.3) is 14.3 Å². The van der Waals surface area contributed by atoms with Crippen LogP contribution in [0.4, 0.5) is 4.11 Å². The maximum Gasteiger partial charge on any atom is 0.288 e. The van der Waals surface area contributed by atoms with Crippen molar-refractivity contribution < 1.29 is 8.90 Å². The Morgan fingerprint density at radius 2 is 1.48 bits per heavy atom. The van der Waals surface area contributed by atoms with E-state index in [0.29, 0.717) is 18.0 Å². The van der Waals surface area contributed by atoms with E-state index >= 15 is 4.11 Å². The highest BCUT2D eigenvalue weighted by atomic mass is 28.4. The van der Waals surface area contributed by atoms with Crippen molar-refractivity contribution in [1.29, 1.82) is 0 Å². The molecule has 0 saturated carbocycles. The summed E-state index contributed by atoms with van der Waals surface area (Å²) < 4.78 is 16.2. The molecule has 2 nitrogen and oxygen atoms in total. The van der Waals surface area contributed by atoms with Gasteiger partial charge in [0, 0.05) is 12.1 Å². The Morgan fingerprint density at radius 1 is 1.04 bits per heavy atom. The number of amides is 1. The summed E-state index contributed by atoms with van der Waals surface area (Å²) in [5.74, 6) is 0.314. The number of benzene rings is 1. The predicted octanol–water partition coefficient (Wildman–Crippen LogP) is 4.79. The topological polar surface area (TPSA) is 29.1 Å². The first kappa shape index (κ1) is 19.9. The monoisotopic (exact) mass is 337 g/mol. The Balaban J connectivity index is 3.13. The van der Waals surface area contributed by atoms with E-state index in [1.807, 2.05) is 53.7 Å². The van der Waals surface area contributed by atoms with Crippen molar-refractivity contribution in [3.63, 3.8) is 0 Å². The Bertz CT molecular complexity index is 524. The van der Waals surface area contributed by atoms with Gasteiger partial charge in [-0.2, -0.15) is 0 Å². The van der Waals surface area contributed by atoms with Crippen LogP contribution in [0.3, 0.4) is 0 Å². The smallest absolute Gasteiger partial charge is 0.288 e. The third-order valence-electron chi connectivity index (χ3n) is 4.28. The molecule has 1 aromatic carbocycles. The molecule has 0 aromatic heterocycles. The van der Waals surface area contributed by atoms with Gasteiger partial charge in [-0.25, -0.2) is 0 Å². The lowest BCUT2D eigenvalue weighted by Crippen LogP contribution is -2.57. The van der Waals surface area contributed by atoms with Gasteiger partial charge in [0.1, 0.15) is 0 Å². The summed E-state index contributed by atoms with van der Waals surface area (Å²) in [5.41, 5.74) is 0.591. The van der Waals surface area contributed by atoms with Crippen molar-refractivity contribution >= 4 is 19.5 Å². The fraction of sp³-hybridized carbons (Fsp3) is 0.632. The van der Waals surface area contributed by atoms with Crippen molar-refractivity contribution in [2.45, 2.75) is 65.5 Å². The molecule has 0 aliphatic rings. The van der Waals surface area contributed by atoms with Gasteiger partial charge >= 0.3 is 0 Å². The number of nitrogens with one attached hydrogen (secondary N) is 1. The van der Waals surface area contributed by atoms with Crippen LogP contribution < -0.4 is 10.5 Å². The molecule has 1 N–H and O–H groups in total. The molecule has 0 heterocycles. The number of hydrogen-bond donors (Lipinski definition) is 1. The predicted molar refractivity (Wildman–Crippen MR) is 99.5 cm³/mol. The molecule has 1 amide bonds. The first-order valence-corrected chi connectivity index (χ1v) is 10.3. The molecular formula is C19H32FNOSi. The van der Waals surface area contributed by atoms with Crippen molar-refractivity contribution in [1.82, 2.24) is 5.32 Å². The lowest BCUT2D eigenvalue weighted by atomic mass is 10.2. The largest absolute Gasteiger partial charge is 0.352 e. The van der Waals surface area contributed by atoms with Gasteiger partial charge in [-0.15, -0.1) is 0 Å². The van der Waals surface area contributed by atoms with Crippen LogP contribution in [0.15, 0.2) is 24.3 Å². The van der Waals surface area contributed by atoms with E-state index in [2.05, 4.69) is 19.2 Å². The van der Waals surface area contributed by atoms with Gasteiger partial charge in [-0.3, -0.25) is 4.79 Å². The van der Waals surface area contributed by atoms with E-state index in [9.17, 15) is 4.79 Å². The molecule has 4 heteroatoms. The minimum absolute atomic E-state index is 0.0945. The highest BCUT2D eigenvalue weighted by Gasteiger charge is 2.56. The number of rotatable bonds is 4. The van der Waals surface area contributed by atoms with Crippen molar-refractivity contribution in [2.24, 2.45) is 5.92 Å². The molecule has 130 valence electrons. The second-order valence-electron chi connectivity index (χ2n) is 8.84. The van der Waals surface area contributed by atoms with E-state index in [0.717, 1.165) is 5.19 Å². The zero-order chi connectivity index (χ0) is 18.1. The van der Waals surface area contributed by atoms with E-state index in [1.54, 1.807) is 12.1 Å². The standard InChI is InChI=1S/C19H32FNOSi/c1-14(2)13-21-17(22)15-9-11-16(12-10-15)23(20,18(3,4)5)19(6,7)8/h9-12,14H,13H2,1-8H3,(H,21,22). The molecule has 0 radical (unpaired) electrons. The van der Waals surface area contributed by atoms with Crippen LogP contribution in [0.5, 0.6) is 0 Å². The summed E-state index contributed by atoms with van der Waals surface area (Å²) in [5, 5.41) is 2.84. The highest BCUT2D eigenvalue weighted by molar-refractivity contribution is 6.90. The van der Waals surface area contributed by atoms with E-state index in [-0.39, 0.29) is 5.91 Å². The van der Waals surface area contributed by atoms with E-state index in [1.165, 1.54) is 0 Å². The number of hydrogen-bond acceptors (Lipinski definition) is 1. The molecule has 0 fully saturated rings. The van der Waals surface area contributed by atoms with Crippen molar-refractivity contribution in [3.8, 4) is 0 Å². The first-order chi connectivity index (χ1) is 10.3. The summed E-state index contributed by atoms with van der Waals surface area (Å²) in [6.07, 6.45) is 0. The highest BCUT2D eigenvalue weighted by Crippen LogP contribution is 2.51.